The van der Waals surface area contributed by atoms with Gasteiger partial charge in [-0.1, -0.05) is 23.7 Å². The minimum Gasteiger partial charge on any atom is -0.338 e. The van der Waals surface area contributed by atoms with E-state index in [1.165, 1.54) is 4.90 Å². The van der Waals surface area contributed by atoms with Crippen LogP contribution in [0, 0.1) is 0 Å². The molecule has 2 aliphatic rings. The molecule has 2 unspecified atom stereocenters. The van der Waals surface area contributed by atoms with Gasteiger partial charge in [0.25, 0.3) is 5.91 Å². The number of hydrogen-bond acceptors (Lipinski definition) is 3. The van der Waals surface area contributed by atoms with Crippen LogP contribution in [0.25, 0.3) is 0 Å². The molecule has 41 heavy (non-hydrogen) atoms. The molecule has 0 aromatic heterocycles. The maximum Gasteiger partial charge on any atom is 0.471 e. The van der Waals surface area contributed by atoms with Gasteiger partial charge < -0.3 is 9.80 Å². The number of carbonyl (C=O) groups is 2. The number of alkyl halides is 9. The largest absolute Gasteiger partial charge is 0.471 e. The van der Waals surface area contributed by atoms with Gasteiger partial charge in [0, 0.05) is 61.8 Å². The molecule has 2 heterocycles. The second-order valence-corrected chi connectivity index (χ2v) is 10.3. The van der Waals surface area contributed by atoms with E-state index < -0.39 is 53.0 Å². The molecule has 0 aliphatic carbocycles. The molecule has 0 radical (unpaired) electrons. The number of piperidine rings is 1. The van der Waals surface area contributed by atoms with Crippen molar-refractivity contribution in [2.24, 2.45) is 0 Å². The van der Waals surface area contributed by atoms with E-state index >= 15 is 0 Å². The molecule has 5 nitrogen and oxygen atoms in total. The Bertz CT molecular complexity index is 1240. The van der Waals surface area contributed by atoms with Crippen LogP contribution in [0.1, 0.15) is 39.4 Å². The molecule has 0 bridgehead atoms. The van der Waals surface area contributed by atoms with Gasteiger partial charge in [-0.15, -0.1) is 0 Å². The first kappa shape index (κ1) is 30.9. The SMILES string of the molecule is O=C(c1cc(C(F)(F)F)cc(C(F)(F)F)c1)N1CCC(N2CCN(C(=O)C(F)(F)F)CC2)C(c2ccc(Cl)cc2)C1. The van der Waals surface area contributed by atoms with Gasteiger partial charge in [-0.05, 0) is 42.3 Å². The van der Waals surface area contributed by atoms with Crippen molar-refractivity contribution in [3.8, 4) is 0 Å². The molecule has 0 saturated carbocycles. The van der Waals surface area contributed by atoms with Crippen LogP contribution in [0.2, 0.25) is 5.02 Å². The fourth-order valence-corrected chi connectivity index (χ4v) is 5.42. The van der Waals surface area contributed by atoms with Crippen LogP contribution in [0.5, 0.6) is 0 Å². The summed E-state index contributed by atoms with van der Waals surface area (Å²) in [6, 6.07) is 6.88. The summed E-state index contributed by atoms with van der Waals surface area (Å²) in [6.07, 6.45) is -15.0. The minimum absolute atomic E-state index is 0.0210. The Kier molecular flexibility index (Phi) is 8.57. The van der Waals surface area contributed by atoms with E-state index in [0.29, 0.717) is 27.6 Å². The Balaban J connectivity index is 1.59. The maximum atomic E-state index is 13.4. The van der Waals surface area contributed by atoms with Gasteiger partial charge in [0.05, 0.1) is 11.1 Å². The van der Waals surface area contributed by atoms with Crippen molar-refractivity contribution in [1.29, 1.82) is 0 Å². The van der Waals surface area contributed by atoms with Crippen molar-refractivity contribution >= 4 is 23.4 Å². The lowest BCUT2D eigenvalue weighted by molar-refractivity contribution is -0.187. The Labute approximate surface area is 233 Å². The minimum atomic E-state index is -5.12. The molecular weight excluding hydrogens is 593 g/mol. The van der Waals surface area contributed by atoms with Crippen LogP contribution in [0.4, 0.5) is 39.5 Å². The van der Waals surface area contributed by atoms with Gasteiger partial charge in [-0.25, -0.2) is 0 Å². The third-order valence-corrected chi connectivity index (χ3v) is 7.56. The first-order chi connectivity index (χ1) is 18.9. The number of halogens is 10. The fourth-order valence-electron chi connectivity index (χ4n) is 5.30. The van der Waals surface area contributed by atoms with Crippen molar-refractivity contribution < 1.29 is 49.1 Å². The van der Waals surface area contributed by atoms with E-state index in [0.717, 1.165) is 0 Å². The van der Waals surface area contributed by atoms with Crippen LogP contribution in [0.15, 0.2) is 42.5 Å². The number of hydrogen-bond donors (Lipinski definition) is 0. The third kappa shape index (κ3) is 7.08. The van der Waals surface area contributed by atoms with Crippen LogP contribution in [0.3, 0.4) is 0 Å². The molecule has 2 atom stereocenters. The summed E-state index contributed by atoms with van der Waals surface area (Å²) in [5.74, 6) is -3.45. The summed E-state index contributed by atoms with van der Waals surface area (Å²) in [6.45, 7) is -0.262. The topological polar surface area (TPSA) is 43.9 Å². The molecule has 15 heteroatoms. The van der Waals surface area contributed by atoms with E-state index in [9.17, 15) is 49.1 Å². The number of nitrogens with zero attached hydrogens (tertiary/aromatic N) is 3. The summed E-state index contributed by atoms with van der Waals surface area (Å²) < 4.78 is 119. The summed E-state index contributed by atoms with van der Waals surface area (Å²) >= 11 is 5.99. The van der Waals surface area contributed by atoms with E-state index in [1.54, 1.807) is 24.3 Å². The molecular formula is C26H23ClF9N3O2. The second-order valence-electron chi connectivity index (χ2n) is 9.89. The molecule has 0 N–H and O–H groups in total. The Hall–Kier alpha value is -3.00. The third-order valence-electron chi connectivity index (χ3n) is 7.31. The van der Waals surface area contributed by atoms with Crippen molar-refractivity contribution in [3.63, 3.8) is 0 Å². The standard InChI is InChI=1S/C26H23ClF9N3O2/c27-19-3-1-15(2-4-19)20-14-39(6-5-21(20)37-7-9-38(10-8-37)23(41)26(34,35)36)22(40)16-11-17(24(28,29)30)13-18(12-16)25(31,32)33/h1-4,11-13,20-21H,5-10,14H2. The van der Waals surface area contributed by atoms with Gasteiger partial charge in [0.1, 0.15) is 0 Å². The molecule has 0 spiro atoms. The summed E-state index contributed by atoms with van der Waals surface area (Å²) in [4.78, 5) is 28.7. The zero-order valence-corrected chi connectivity index (χ0v) is 21.8. The first-order valence-electron chi connectivity index (χ1n) is 12.4. The fraction of sp³-hybridized carbons (Fsp3) is 0.462. The molecule has 4 rings (SSSR count). The highest BCUT2D eigenvalue weighted by molar-refractivity contribution is 6.30. The lowest BCUT2D eigenvalue weighted by Gasteiger charge is -2.47. The van der Waals surface area contributed by atoms with Gasteiger partial charge in [-0.3, -0.25) is 14.5 Å². The monoisotopic (exact) mass is 615 g/mol. The van der Waals surface area contributed by atoms with Gasteiger partial charge in [-0.2, -0.15) is 39.5 Å². The molecule has 2 amide bonds. The summed E-state index contributed by atoms with van der Waals surface area (Å²) in [7, 11) is 0. The molecule has 2 saturated heterocycles. The van der Waals surface area contributed by atoms with Crippen molar-refractivity contribution in [2.75, 3.05) is 39.3 Å². The zero-order chi connectivity index (χ0) is 30.3. The van der Waals surface area contributed by atoms with Gasteiger partial charge in [0.15, 0.2) is 0 Å². The smallest absolute Gasteiger partial charge is 0.338 e. The average molecular weight is 616 g/mol. The number of rotatable bonds is 3. The highest BCUT2D eigenvalue weighted by Crippen LogP contribution is 2.38. The van der Waals surface area contributed by atoms with Crippen LogP contribution in [-0.2, 0) is 17.1 Å². The lowest BCUT2D eigenvalue weighted by atomic mass is 9.84. The zero-order valence-electron chi connectivity index (χ0n) is 21.1. The molecule has 2 aromatic carbocycles. The second kappa shape index (κ2) is 11.3. The highest BCUT2D eigenvalue weighted by Gasteiger charge is 2.45. The van der Waals surface area contributed by atoms with E-state index in [-0.39, 0.29) is 57.8 Å². The Morgan fingerprint density at radius 3 is 1.76 bits per heavy atom. The highest BCUT2D eigenvalue weighted by atomic mass is 35.5. The quantitative estimate of drug-likeness (QED) is 0.393. The Morgan fingerprint density at radius 2 is 1.27 bits per heavy atom. The van der Waals surface area contributed by atoms with Crippen molar-refractivity contribution in [2.45, 2.75) is 36.9 Å². The van der Waals surface area contributed by atoms with Gasteiger partial charge in [0.2, 0.25) is 0 Å². The summed E-state index contributed by atoms with van der Waals surface area (Å²) in [5, 5.41) is 0.400. The summed E-state index contributed by atoms with van der Waals surface area (Å²) in [5.41, 5.74) is -3.30. The van der Waals surface area contributed by atoms with E-state index in [1.807, 2.05) is 4.90 Å². The number of amides is 2. The lowest BCUT2D eigenvalue weighted by Crippen LogP contribution is -2.58. The number of likely N-dealkylation sites (tertiary alicyclic amines) is 1. The molecule has 2 aromatic rings. The van der Waals surface area contributed by atoms with Gasteiger partial charge >= 0.3 is 24.4 Å². The van der Waals surface area contributed by atoms with Crippen LogP contribution < -0.4 is 0 Å². The predicted molar refractivity (Wildman–Crippen MR) is 129 cm³/mol. The Morgan fingerprint density at radius 1 is 0.732 bits per heavy atom. The van der Waals surface area contributed by atoms with Crippen LogP contribution in [-0.4, -0.2) is 78.0 Å². The number of piperazine rings is 1. The molecule has 2 aliphatic heterocycles. The van der Waals surface area contributed by atoms with Crippen LogP contribution >= 0.6 is 11.6 Å². The molecule has 224 valence electrons. The van der Waals surface area contributed by atoms with E-state index in [4.69, 9.17) is 11.6 Å². The maximum absolute atomic E-state index is 13.4. The predicted octanol–water partition coefficient (Wildman–Crippen LogP) is 6.08. The number of benzene rings is 2. The molecule has 2 fully saturated rings. The van der Waals surface area contributed by atoms with E-state index in [2.05, 4.69) is 0 Å². The normalized spacial score (nSPS) is 21.2. The van der Waals surface area contributed by atoms with Crippen molar-refractivity contribution in [1.82, 2.24) is 14.7 Å². The van der Waals surface area contributed by atoms with Crippen molar-refractivity contribution in [3.05, 3.63) is 69.7 Å². The average Bonchev–Trinajstić information content (AvgIpc) is 2.91. The first-order valence-corrected chi connectivity index (χ1v) is 12.8. The number of carbonyl (C=O) groups excluding carboxylic acids is 2.